The summed E-state index contributed by atoms with van der Waals surface area (Å²) < 4.78 is 0. The Morgan fingerprint density at radius 3 is 2.47 bits per heavy atom. The van der Waals surface area contributed by atoms with Crippen LogP contribution in [0.3, 0.4) is 0 Å². The van der Waals surface area contributed by atoms with E-state index in [1.807, 2.05) is 6.92 Å². The number of amides is 2. The minimum Gasteiger partial charge on any atom is -0.346 e. The number of carbonyl (C=O) groups is 3. The van der Waals surface area contributed by atoms with Crippen molar-refractivity contribution in [2.75, 3.05) is 0 Å². The molecule has 5 nitrogen and oxygen atoms in total. The lowest BCUT2D eigenvalue weighted by Gasteiger charge is -2.20. The molecule has 0 atom stereocenters. The van der Waals surface area contributed by atoms with Gasteiger partial charge in [-0.1, -0.05) is 56.3 Å². The Hall–Kier alpha value is -3.21. The highest BCUT2D eigenvalue weighted by Gasteiger charge is 2.45. The first-order chi connectivity index (χ1) is 14.4. The van der Waals surface area contributed by atoms with Crippen LogP contribution in [-0.4, -0.2) is 18.1 Å². The van der Waals surface area contributed by atoms with E-state index in [4.69, 9.17) is 0 Å². The van der Waals surface area contributed by atoms with Crippen molar-refractivity contribution < 1.29 is 14.4 Å². The molecule has 30 heavy (non-hydrogen) atoms. The van der Waals surface area contributed by atoms with Crippen molar-refractivity contribution >= 4 is 30.3 Å². The Morgan fingerprint density at radius 1 is 1.10 bits per heavy atom. The van der Waals surface area contributed by atoms with E-state index in [1.165, 1.54) is 10.4 Å². The van der Waals surface area contributed by atoms with E-state index in [1.54, 1.807) is 24.3 Å². The molecule has 0 heterocycles. The van der Waals surface area contributed by atoms with Gasteiger partial charge in [0.15, 0.2) is 0 Å². The van der Waals surface area contributed by atoms with Gasteiger partial charge in [0.05, 0.1) is 5.54 Å². The zero-order valence-corrected chi connectivity index (χ0v) is 17.7. The fraction of sp³-hybridized carbons (Fsp3) is 0.320. The predicted molar refractivity (Wildman–Crippen MR) is 118 cm³/mol. The van der Waals surface area contributed by atoms with E-state index >= 15 is 0 Å². The molecule has 0 aromatic heterocycles. The van der Waals surface area contributed by atoms with Crippen LogP contribution >= 0.6 is 0 Å². The summed E-state index contributed by atoms with van der Waals surface area (Å²) in [6.07, 6.45) is 6.34. The van der Waals surface area contributed by atoms with E-state index < -0.39 is 5.91 Å². The smallest absolute Gasteiger partial charge is 0.284 e. The highest BCUT2D eigenvalue weighted by atomic mass is 16.2. The van der Waals surface area contributed by atoms with Crippen molar-refractivity contribution in [1.82, 2.24) is 10.6 Å². The Labute approximate surface area is 176 Å². The zero-order chi connectivity index (χ0) is 21.7. The molecule has 1 saturated carbocycles. The van der Waals surface area contributed by atoms with E-state index in [0.29, 0.717) is 17.0 Å². The lowest BCUT2D eigenvalue weighted by atomic mass is 9.99. The summed E-state index contributed by atoms with van der Waals surface area (Å²) in [5.41, 5.74) is 1.93. The first-order valence-electron chi connectivity index (χ1n) is 10.3. The molecule has 1 aliphatic rings. The average Bonchev–Trinajstić information content (AvgIpc) is 3.52. The molecule has 0 saturated heterocycles. The van der Waals surface area contributed by atoms with Crippen LogP contribution in [0, 0.1) is 5.92 Å². The van der Waals surface area contributed by atoms with Crippen LogP contribution in [0.5, 0.6) is 0 Å². The molecule has 1 fully saturated rings. The average molecular weight is 405 g/mol. The Balaban J connectivity index is 1.86. The lowest BCUT2D eigenvalue weighted by Crippen LogP contribution is -2.37. The molecule has 0 unspecified atom stereocenters. The molecule has 2 aromatic carbocycles. The first-order valence-corrected chi connectivity index (χ1v) is 10.3. The molecule has 2 amide bonds. The molecular weight excluding hydrogens is 376 g/mol. The van der Waals surface area contributed by atoms with Crippen molar-refractivity contribution in [3.05, 3.63) is 69.6 Å². The van der Waals surface area contributed by atoms with E-state index in [-0.39, 0.29) is 24.3 Å². The van der Waals surface area contributed by atoms with Crippen molar-refractivity contribution in [2.45, 2.75) is 45.7 Å². The Kier molecular flexibility index (Phi) is 6.50. The largest absolute Gasteiger partial charge is 0.346 e. The fourth-order valence-corrected chi connectivity index (χ4v) is 3.65. The summed E-state index contributed by atoms with van der Waals surface area (Å²) in [5, 5.41) is 8.08. The van der Waals surface area contributed by atoms with Gasteiger partial charge in [0.2, 0.25) is 6.29 Å². The lowest BCUT2D eigenvalue weighted by molar-refractivity contribution is -0.131. The van der Waals surface area contributed by atoms with Gasteiger partial charge in [-0.15, -0.1) is 0 Å². The van der Waals surface area contributed by atoms with Gasteiger partial charge in [-0.05, 0) is 59.4 Å². The van der Waals surface area contributed by atoms with Crippen LogP contribution in [0.1, 0.15) is 55.1 Å². The summed E-state index contributed by atoms with van der Waals surface area (Å²) in [5.74, 6) is -0.452. The molecule has 2 N–H and O–H groups in total. The number of hydrogen-bond acceptors (Lipinski definition) is 3. The molecule has 0 bridgehead atoms. The Bertz CT molecular complexity index is 1080. The minimum atomic E-state index is -0.703. The van der Waals surface area contributed by atoms with E-state index in [0.717, 1.165) is 18.4 Å². The summed E-state index contributed by atoms with van der Waals surface area (Å²) in [6.45, 7) is 6.46. The predicted octanol–water partition coefficient (Wildman–Crippen LogP) is 2.16. The number of rotatable bonds is 7. The third kappa shape index (κ3) is 4.85. The molecule has 2 aromatic rings. The van der Waals surface area contributed by atoms with Gasteiger partial charge < -0.3 is 10.6 Å². The second-order valence-electron chi connectivity index (χ2n) is 8.07. The first kappa shape index (κ1) is 21.5. The topological polar surface area (TPSA) is 75.3 Å². The second kappa shape index (κ2) is 9.08. The third-order valence-corrected chi connectivity index (χ3v) is 5.39. The van der Waals surface area contributed by atoms with Gasteiger partial charge in [0.25, 0.3) is 11.8 Å². The number of hydrogen-bond donors (Lipinski definition) is 2. The Morgan fingerprint density at radius 2 is 1.83 bits per heavy atom. The van der Waals surface area contributed by atoms with Crippen molar-refractivity contribution in [1.29, 1.82) is 0 Å². The number of benzene rings is 2. The molecule has 1 aliphatic carbocycles. The van der Waals surface area contributed by atoms with Crippen LogP contribution < -0.4 is 21.1 Å². The van der Waals surface area contributed by atoms with E-state index in [2.05, 4.69) is 54.8 Å². The molecule has 5 heteroatoms. The van der Waals surface area contributed by atoms with Crippen LogP contribution in [0.25, 0.3) is 12.2 Å². The highest BCUT2D eigenvalue weighted by molar-refractivity contribution is 6.23. The quantitative estimate of drug-likeness (QED) is 0.549. The van der Waals surface area contributed by atoms with Gasteiger partial charge in [-0.3, -0.25) is 14.4 Å². The van der Waals surface area contributed by atoms with Crippen molar-refractivity contribution in [3.8, 4) is 0 Å². The molecule has 3 rings (SSSR count). The van der Waals surface area contributed by atoms with Gasteiger partial charge in [-0.2, -0.15) is 0 Å². The summed E-state index contributed by atoms with van der Waals surface area (Å²) in [4.78, 5) is 34.9. The standard InChI is InChI=1S/C25H28N2O3/c1-4-18-9-10-21(14-20(18)13-17(2)3)25(11-12-25)27-24(30)22-8-6-5-7-19(22)15-26-23(29)16-28/h4-10,13-14,16-17H,11-12,15H2,1-3H3,(H,26,29)(H,27,30)/b18-4-,20-13-. The molecular formula is C25H28N2O3. The molecule has 0 spiro atoms. The van der Waals surface area contributed by atoms with Crippen LogP contribution in [0.4, 0.5) is 0 Å². The van der Waals surface area contributed by atoms with Gasteiger partial charge in [0, 0.05) is 12.1 Å². The van der Waals surface area contributed by atoms with Gasteiger partial charge in [0.1, 0.15) is 0 Å². The molecule has 0 radical (unpaired) electrons. The third-order valence-electron chi connectivity index (χ3n) is 5.39. The van der Waals surface area contributed by atoms with Crippen molar-refractivity contribution in [3.63, 3.8) is 0 Å². The summed E-state index contributed by atoms with van der Waals surface area (Å²) in [7, 11) is 0. The van der Waals surface area contributed by atoms with Crippen LogP contribution in [0.2, 0.25) is 0 Å². The molecule has 156 valence electrons. The zero-order valence-electron chi connectivity index (χ0n) is 17.7. The van der Waals surface area contributed by atoms with Crippen molar-refractivity contribution in [2.24, 2.45) is 5.92 Å². The normalized spacial score (nSPS) is 15.7. The van der Waals surface area contributed by atoms with Crippen LogP contribution in [0.15, 0.2) is 42.5 Å². The van der Waals surface area contributed by atoms with Crippen LogP contribution in [-0.2, 0) is 21.7 Å². The number of carbonyl (C=O) groups excluding carboxylic acids is 3. The summed E-state index contributed by atoms with van der Waals surface area (Å²) in [6, 6.07) is 13.5. The van der Waals surface area contributed by atoms with Gasteiger partial charge >= 0.3 is 0 Å². The summed E-state index contributed by atoms with van der Waals surface area (Å²) >= 11 is 0. The fourth-order valence-electron chi connectivity index (χ4n) is 3.65. The molecule has 0 aliphatic heterocycles. The van der Waals surface area contributed by atoms with E-state index in [9.17, 15) is 14.4 Å². The number of aldehydes is 1. The minimum absolute atomic E-state index is 0.128. The SMILES string of the molecule is C/C=c1/ccc(C2(NC(=O)c3ccccc3CNC(=O)C=O)CC2)c/c1=C/C(C)C. The maximum Gasteiger partial charge on any atom is 0.284 e. The monoisotopic (exact) mass is 404 g/mol. The number of nitrogens with one attached hydrogen (secondary N) is 2. The van der Waals surface area contributed by atoms with Gasteiger partial charge in [-0.25, -0.2) is 0 Å². The maximum absolute atomic E-state index is 13.1. The highest BCUT2D eigenvalue weighted by Crippen LogP contribution is 2.45. The second-order valence-corrected chi connectivity index (χ2v) is 8.07. The maximum atomic E-state index is 13.1.